The molecule has 0 aliphatic heterocycles. The molecule has 6 heteroatoms. The molecule has 0 saturated heterocycles. The molecule has 1 unspecified atom stereocenters. The van der Waals surface area contributed by atoms with Crippen LogP contribution in [0.5, 0.6) is 0 Å². The number of hydrogen-bond donors (Lipinski definition) is 1. The second kappa shape index (κ2) is 8.34. The van der Waals surface area contributed by atoms with Gasteiger partial charge in [-0.1, -0.05) is 25.4 Å². The minimum absolute atomic E-state index is 0.00452. The normalized spacial score (nSPS) is 12.5. The van der Waals surface area contributed by atoms with Crippen LogP contribution in [0.4, 0.5) is 0 Å². The van der Waals surface area contributed by atoms with Crippen molar-refractivity contribution in [2.75, 3.05) is 19.6 Å². The first-order chi connectivity index (χ1) is 12.6. The molecule has 2 heterocycles. The Labute approximate surface area is 158 Å². The molecule has 0 spiro atoms. The predicted octanol–water partition coefficient (Wildman–Crippen LogP) is 4.29. The molecule has 2 aromatic heterocycles. The van der Waals surface area contributed by atoms with E-state index in [1.54, 1.807) is 18.4 Å². The minimum atomic E-state index is -0.120. The maximum atomic E-state index is 12.6. The molecule has 1 N–H and O–H groups in total. The number of nitrogens with one attached hydrogen (secondary N) is 1. The molecule has 0 fully saturated rings. The Morgan fingerprint density at radius 2 is 2.04 bits per heavy atom. The van der Waals surface area contributed by atoms with Crippen LogP contribution >= 0.6 is 11.6 Å². The van der Waals surface area contributed by atoms with E-state index in [2.05, 4.69) is 29.0 Å². The fourth-order valence-electron chi connectivity index (χ4n) is 3.09. The lowest BCUT2D eigenvalue weighted by Crippen LogP contribution is -2.37. The van der Waals surface area contributed by atoms with Gasteiger partial charge in [-0.25, -0.2) is 4.98 Å². The zero-order valence-electron chi connectivity index (χ0n) is 14.9. The van der Waals surface area contributed by atoms with Gasteiger partial charge in [0.2, 0.25) is 0 Å². The van der Waals surface area contributed by atoms with Crippen molar-refractivity contribution in [3.05, 3.63) is 65.2 Å². The zero-order chi connectivity index (χ0) is 18.5. The highest BCUT2D eigenvalue weighted by atomic mass is 35.5. The van der Waals surface area contributed by atoms with Crippen LogP contribution in [0.25, 0.3) is 10.9 Å². The van der Waals surface area contributed by atoms with Gasteiger partial charge in [0.1, 0.15) is 10.9 Å². The number of pyridine rings is 1. The summed E-state index contributed by atoms with van der Waals surface area (Å²) in [7, 11) is 0. The minimum Gasteiger partial charge on any atom is -0.468 e. The second-order valence-electron chi connectivity index (χ2n) is 6.00. The van der Waals surface area contributed by atoms with E-state index in [9.17, 15) is 4.79 Å². The lowest BCUT2D eigenvalue weighted by atomic mass is 10.1. The molecule has 3 rings (SSSR count). The third-order valence-corrected chi connectivity index (χ3v) is 4.71. The third kappa shape index (κ3) is 4.06. The standard InChI is InChI=1S/C20H22ClN3O2/c1-3-24(4-2)17(18-6-5-11-26-18)13-22-20(25)15-7-9-16-14(12-15)8-10-19(21)23-16/h5-12,17H,3-4,13H2,1-2H3,(H,22,25). The first-order valence-corrected chi connectivity index (χ1v) is 9.12. The molecule has 0 radical (unpaired) electrons. The van der Waals surface area contributed by atoms with Crippen LogP contribution in [0.1, 0.15) is 36.0 Å². The number of benzene rings is 1. The van der Waals surface area contributed by atoms with E-state index in [0.29, 0.717) is 17.3 Å². The molecule has 1 atom stereocenters. The number of rotatable bonds is 7. The van der Waals surface area contributed by atoms with Crippen molar-refractivity contribution in [2.45, 2.75) is 19.9 Å². The molecule has 1 amide bonds. The van der Waals surface area contributed by atoms with E-state index in [0.717, 1.165) is 29.8 Å². The smallest absolute Gasteiger partial charge is 0.251 e. The average Bonchev–Trinajstić information content (AvgIpc) is 3.18. The number of amides is 1. The molecule has 0 saturated carbocycles. The zero-order valence-corrected chi connectivity index (χ0v) is 15.7. The Morgan fingerprint density at radius 1 is 1.23 bits per heavy atom. The van der Waals surface area contributed by atoms with Crippen LogP contribution in [0.3, 0.4) is 0 Å². The van der Waals surface area contributed by atoms with Gasteiger partial charge in [0, 0.05) is 17.5 Å². The fourth-order valence-corrected chi connectivity index (χ4v) is 3.24. The molecule has 1 aromatic carbocycles. The average molecular weight is 372 g/mol. The molecule has 3 aromatic rings. The van der Waals surface area contributed by atoms with E-state index in [1.807, 2.05) is 30.3 Å². The van der Waals surface area contributed by atoms with E-state index in [-0.39, 0.29) is 11.9 Å². The summed E-state index contributed by atoms with van der Waals surface area (Å²) in [6.45, 7) is 6.43. The molecule has 0 aliphatic rings. The summed E-state index contributed by atoms with van der Waals surface area (Å²) in [5.41, 5.74) is 1.37. The van der Waals surface area contributed by atoms with Crippen LogP contribution in [0.15, 0.2) is 53.1 Å². The summed E-state index contributed by atoms with van der Waals surface area (Å²) in [6.07, 6.45) is 1.66. The molecule has 0 bridgehead atoms. The quantitative estimate of drug-likeness (QED) is 0.629. The van der Waals surface area contributed by atoms with Crippen LogP contribution in [0.2, 0.25) is 5.15 Å². The first kappa shape index (κ1) is 18.4. The summed E-state index contributed by atoms with van der Waals surface area (Å²) >= 11 is 5.91. The number of aromatic nitrogens is 1. The van der Waals surface area contributed by atoms with Crippen molar-refractivity contribution in [2.24, 2.45) is 0 Å². The van der Waals surface area contributed by atoms with E-state index < -0.39 is 0 Å². The van der Waals surface area contributed by atoms with E-state index in [1.165, 1.54) is 0 Å². The Balaban J connectivity index is 1.75. The van der Waals surface area contributed by atoms with Crippen molar-refractivity contribution in [3.63, 3.8) is 0 Å². The predicted molar refractivity (Wildman–Crippen MR) is 103 cm³/mol. The van der Waals surface area contributed by atoms with Crippen LogP contribution in [-0.2, 0) is 0 Å². The molecule has 136 valence electrons. The Kier molecular flexibility index (Phi) is 5.91. The second-order valence-corrected chi connectivity index (χ2v) is 6.39. The number of carbonyl (C=O) groups is 1. The van der Waals surface area contributed by atoms with Gasteiger partial charge in [-0.2, -0.15) is 0 Å². The van der Waals surface area contributed by atoms with Crippen LogP contribution in [0, 0.1) is 0 Å². The van der Waals surface area contributed by atoms with Crippen LogP contribution < -0.4 is 5.32 Å². The topological polar surface area (TPSA) is 58.4 Å². The molecular weight excluding hydrogens is 350 g/mol. The summed E-state index contributed by atoms with van der Waals surface area (Å²) in [5, 5.41) is 4.35. The van der Waals surface area contributed by atoms with Gasteiger partial charge in [-0.15, -0.1) is 0 Å². The highest BCUT2D eigenvalue weighted by molar-refractivity contribution is 6.29. The number of likely N-dealkylation sites (N-methyl/N-ethyl adjacent to an activating group) is 1. The summed E-state index contributed by atoms with van der Waals surface area (Å²) in [4.78, 5) is 19.1. The third-order valence-electron chi connectivity index (χ3n) is 4.50. The summed E-state index contributed by atoms with van der Waals surface area (Å²) in [6, 6.07) is 12.8. The molecule has 0 aliphatic carbocycles. The Hall–Kier alpha value is -2.37. The number of furan rings is 1. The molecular formula is C20H22ClN3O2. The largest absolute Gasteiger partial charge is 0.468 e. The lowest BCUT2D eigenvalue weighted by Gasteiger charge is -2.28. The van der Waals surface area contributed by atoms with Crippen molar-refractivity contribution >= 4 is 28.4 Å². The first-order valence-electron chi connectivity index (χ1n) is 8.74. The van der Waals surface area contributed by atoms with Gasteiger partial charge in [-0.3, -0.25) is 9.69 Å². The highest BCUT2D eigenvalue weighted by Gasteiger charge is 2.21. The fraction of sp³-hybridized carbons (Fsp3) is 0.300. The SMILES string of the molecule is CCN(CC)C(CNC(=O)c1ccc2nc(Cl)ccc2c1)c1ccco1. The lowest BCUT2D eigenvalue weighted by molar-refractivity contribution is 0.0930. The van der Waals surface area contributed by atoms with E-state index >= 15 is 0 Å². The van der Waals surface area contributed by atoms with Gasteiger partial charge >= 0.3 is 0 Å². The number of fused-ring (bicyclic) bond motifs is 1. The van der Waals surface area contributed by atoms with Gasteiger partial charge < -0.3 is 9.73 Å². The summed E-state index contributed by atoms with van der Waals surface area (Å²) in [5.74, 6) is 0.733. The maximum absolute atomic E-state index is 12.6. The number of halogens is 1. The summed E-state index contributed by atoms with van der Waals surface area (Å²) < 4.78 is 5.57. The number of nitrogens with zero attached hydrogens (tertiary/aromatic N) is 2. The monoisotopic (exact) mass is 371 g/mol. The Bertz CT molecular complexity index is 876. The molecule has 5 nitrogen and oxygen atoms in total. The van der Waals surface area contributed by atoms with Gasteiger partial charge in [0.25, 0.3) is 5.91 Å². The van der Waals surface area contributed by atoms with Gasteiger partial charge in [0.05, 0.1) is 17.8 Å². The Morgan fingerprint density at radius 3 is 2.73 bits per heavy atom. The van der Waals surface area contributed by atoms with Crippen LogP contribution in [-0.4, -0.2) is 35.4 Å². The van der Waals surface area contributed by atoms with Crippen molar-refractivity contribution < 1.29 is 9.21 Å². The van der Waals surface area contributed by atoms with Gasteiger partial charge in [-0.05, 0) is 55.6 Å². The number of carbonyl (C=O) groups excluding carboxylic acids is 1. The van der Waals surface area contributed by atoms with E-state index in [4.69, 9.17) is 16.0 Å². The van der Waals surface area contributed by atoms with Gasteiger partial charge in [0.15, 0.2) is 0 Å². The highest BCUT2D eigenvalue weighted by Crippen LogP contribution is 2.21. The maximum Gasteiger partial charge on any atom is 0.251 e. The molecule has 26 heavy (non-hydrogen) atoms. The van der Waals surface area contributed by atoms with Crippen molar-refractivity contribution in [3.8, 4) is 0 Å². The van der Waals surface area contributed by atoms with Crippen molar-refractivity contribution in [1.82, 2.24) is 15.2 Å². The number of hydrogen-bond acceptors (Lipinski definition) is 4. The van der Waals surface area contributed by atoms with Crippen molar-refractivity contribution in [1.29, 1.82) is 0 Å².